The Bertz CT molecular complexity index is 624. The van der Waals surface area contributed by atoms with Crippen LogP contribution in [0.3, 0.4) is 0 Å². The first-order chi connectivity index (χ1) is 9.06. The van der Waals surface area contributed by atoms with Gasteiger partial charge < -0.3 is 9.84 Å². The average Bonchev–Trinajstić information content (AvgIpc) is 3.19. The number of aliphatic hydroxyl groups is 1. The monoisotopic (exact) mass is 281 g/mol. The van der Waals surface area contributed by atoms with Gasteiger partial charge in [0.05, 0.1) is 17.6 Å². The Morgan fingerprint density at radius 2 is 2.21 bits per heavy atom. The second-order valence-corrected chi connectivity index (χ2v) is 5.93. The fraction of sp³-hybridized carbons (Fsp3) is 0.385. The van der Waals surface area contributed by atoms with Crippen LogP contribution in [0.15, 0.2) is 23.1 Å². The summed E-state index contributed by atoms with van der Waals surface area (Å²) in [6.45, 7) is -0.291. The average molecular weight is 281 g/mol. The van der Waals surface area contributed by atoms with Gasteiger partial charge in [-0.15, -0.1) is 0 Å². The van der Waals surface area contributed by atoms with Crippen LogP contribution in [0.5, 0.6) is 5.75 Å². The standard InChI is InChI=1S/C13H15NO4S/c1-18-13-7-6-12(9-10(13)3-2-8-15)19(16,17)14-11-4-5-11/h6-7,9,11,14-15H,4-5,8H2,1H3. The van der Waals surface area contributed by atoms with Crippen molar-refractivity contribution in [2.24, 2.45) is 0 Å². The second-order valence-electron chi connectivity index (χ2n) is 4.22. The van der Waals surface area contributed by atoms with Crippen LogP contribution < -0.4 is 9.46 Å². The van der Waals surface area contributed by atoms with Crippen molar-refractivity contribution in [3.8, 4) is 17.6 Å². The molecule has 1 saturated carbocycles. The number of hydrogen-bond donors (Lipinski definition) is 2. The molecule has 19 heavy (non-hydrogen) atoms. The van der Waals surface area contributed by atoms with E-state index in [0.29, 0.717) is 11.3 Å². The smallest absolute Gasteiger partial charge is 0.240 e. The Hall–Kier alpha value is -1.55. The van der Waals surface area contributed by atoms with Gasteiger partial charge in [0.25, 0.3) is 0 Å². The molecule has 0 amide bonds. The summed E-state index contributed by atoms with van der Waals surface area (Å²) in [5, 5.41) is 8.70. The number of hydrogen-bond acceptors (Lipinski definition) is 4. The molecule has 0 heterocycles. The van der Waals surface area contributed by atoms with E-state index < -0.39 is 10.0 Å². The van der Waals surface area contributed by atoms with Crippen LogP contribution in [0, 0.1) is 11.8 Å². The summed E-state index contributed by atoms with van der Waals surface area (Å²) in [6.07, 6.45) is 1.76. The molecule has 2 rings (SSSR count). The van der Waals surface area contributed by atoms with Crippen molar-refractivity contribution < 1.29 is 18.3 Å². The molecular weight excluding hydrogens is 266 g/mol. The fourth-order valence-corrected chi connectivity index (χ4v) is 2.91. The lowest BCUT2D eigenvalue weighted by molar-refractivity contribution is 0.350. The minimum atomic E-state index is -3.51. The highest BCUT2D eigenvalue weighted by Crippen LogP contribution is 2.25. The maximum absolute atomic E-state index is 12.1. The van der Waals surface area contributed by atoms with E-state index in [1.165, 1.54) is 19.2 Å². The summed E-state index contributed by atoms with van der Waals surface area (Å²) >= 11 is 0. The van der Waals surface area contributed by atoms with Crippen molar-refractivity contribution in [1.29, 1.82) is 0 Å². The number of sulfonamides is 1. The topological polar surface area (TPSA) is 75.6 Å². The normalized spacial score (nSPS) is 14.6. The van der Waals surface area contributed by atoms with Crippen LogP contribution >= 0.6 is 0 Å². The van der Waals surface area contributed by atoms with Crippen molar-refractivity contribution in [3.63, 3.8) is 0 Å². The third-order valence-electron chi connectivity index (χ3n) is 2.68. The van der Waals surface area contributed by atoms with Gasteiger partial charge in [-0.3, -0.25) is 0 Å². The molecule has 1 aliphatic carbocycles. The minimum Gasteiger partial charge on any atom is -0.495 e. The molecule has 0 spiro atoms. The van der Waals surface area contributed by atoms with E-state index in [-0.39, 0.29) is 17.5 Å². The summed E-state index contributed by atoms with van der Waals surface area (Å²) in [4.78, 5) is 0.155. The van der Waals surface area contributed by atoms with E-state index >= 15 is 0 Å². The second kappa shape index (κ2) is 5.61. The van der Waals surface area contributed by atoms with Gasteiger partial charge in [-0.2, -0.15) is 0 Å². The zero-order valence-electron chi connectivity index (χ0n) is 10.5. The van der Waals surface area contributed by atoms with Gasteiger partial charge in [0.15, 0.2) is 0 Å². The molecule has 6 heteroatoms. The maximum Gasteiger partial charge on any atom is 0.240 e. The molecular formula is C13H15NO4S. The molecule has 102 valence electrons. The highest BCUT2D eigenvalue weighted by atomic mass is 32.2. The molecule has 1 aliphatic rings. The van der Waals surface area contributed by atoms with E-state index in [4.69, 9.17) is 9.84 Å². The van der Waals surface area contributed by atoms with Gasteiger partial charge in [-0.05, 0) is 31.0 Å². The van der Waals surface area contributed by atoms with Crippen LogP contribution in [0.2, 0.25) is 0 Å². The van der Waals surface area contributed by atoms with Gasteiger partial charge in [-0.1, -0.05) is 11.8 Å². The fourth-order valence-electron chi connectivity index (χ4n) is 1.58. The summed E-state index contributed by atoms with van der Waals surface area (Å²) in [6, 6.07) is 4.54. The number of ether oxygens (including phenoxy) is 1. The predicted molar refractivity (Wildman–Crippen MR) is 70.3 cm³/mol. The molecule has 0 atom stereocenters. The highest BCUT2D eigenvalue weighted by Gasteiger charge is 2.28. The molecule has 0 bridgehead atoms. The van der Waals surface area contributed by atoms with Gasteiger partial charge in [0.2, 0.25) is 10.0 Å². The molecule has 0 unspecified atom stereocenters. The van der Waals surface area contributed by atoms with Crippen LogP contribution in [0.1, 0.15) is 18.4 Å². The van der Waals surface area contributed by atoms with Gasteiger partial charge in [-0.25, -0.2) is 13.1 Å². The first-order valence-electron chi connectivity index (χ1n) is 5.87. The Morgan fingerprint density at radius 1 is 1.47 bits per heavy atom. The zero-order chi connectivity index (χ0) is 13.9. The lowest BCUT2D eigenvalue weighted by atomic mass is 10.2. The molecule has 0 radical (unpaired) electrons. The summed E-state index contributed by atoms with van der Waals surface area (Å²) < 4.78 is 31.8. The summed E-state index contributed by atoms with van der Waals surface area (Å²) in [5.41, 5.74) is 0.440. The first kappa shape index (κ1) is 13.9. The molecule has 5 nitrogen and oxygen atoms in total. The predicted octanol–water partition coefficient (Wildman–Crippen LogP) is 0.480. The Morgan fingerprint density at radius 3 is 2.79 bits per heavy atom. The maximum atomic E-state index is 12.1. The van der Waals surface area contributed by atoms with Crippen LogP contribution in [-0.4, -0.2) is 33.3 Å². The molecule has 0 aromatic heterocycles. The molecule has 1 fully saturated rings. The molecule has 0 aliphatic heterocycles. The third kappa shape index (κ3) is 3.47. The van der Waals surface area contributed by atoms with Crippen molar-refractivity contribution in [3.05, 3.63) is 23.8 Å². The largest absolute Gasteiger partial charge is 0.495 e. The Labute approximate surface area is 112 Å². The van der Waals surface area contributed by atoms with Gasteiger partial charge in [0, 0.05) is 6.04 Å². The summed E-state index contributed by atoms with van der Waals surface area (Å²) in [7, 11) is -2.02. The molecule has 2 N–H and O–H groups in total. The Balaban J connectivity index is 2.36. The molecule has 1 aromatic rings. The minimum absolute atomic E-state index is 0.0547. The van der Waals surface area contributed by atoms with Crippen LogP contribution in [-0.2, 0) is 10.0 Å². The number of aliphatic hydroxyl groups excluding tert-OH is 1. The van der Waals surface area contributed by atoms with Crippen molar-refractivity contribution in [2.75, 3.05) is 13.7 Å². The van der Waals surface area contributed by atoms with E-state index in [1.807, 2.05) is 0 Å². The van der Waals surface area contributed by atoms with E-state index in [1.54, 1.807) is 6.07 Å². The number of rotatable bonds is 4. The van der Waals surface area contributed by atoms with E-state index in [2.05, 4.69) is 16.6 Å². The highest BCUT2D eigenvalue weighted by molar-refractivity contribution is 7.89. The Kier molecular flexibility index (Phi) is 4.10. The van der Waals surface area contributed by atoms with Gasteiger partial charge in [0.1, 0.15) is 12.4 Å². The third-order valence-corrected chi connectivity index (χ3v) is 4.20. The lowest BCUT2D eigenvalue weighted by Crippen LogP contribution is -2.25. The van der Waals surface area contributed by atoms with Crippen LogP contribution in [0.4, 0.5) is 0 Å². The van der Waals surface area contributed by atoms with E-state index in [0.717, 1.165) is 12.8 Å². The lowest BCUT2D eigenvalue weighted by Gasteiger charge is -2.08. The van der Waals surface area contributed by atoms with E-state index in [9.17, 15) is 8.42 Å². The van der Waals surface area contributed by atoms with Crippen molar-refractivity contribution in [2.45, 2.75) is 23.8 Å². The van der Waals surface area contributed by atoms with Gasteiger partial charge >= 0.3 is 0 Å². The SMILES string of the molecule is COc1ccc(S(=O)(=O)NC2CC2)cc1C#CCO. The number of methoxy groups -OCH3 is 1. The van der Waals surface area contributed by atoms with Crippen LogP contribution in [0.25, 0.3) is 0 Å². The zero-order valence-corrected chi connectivity index (χ0v) is 11.3. The molecule has 1 aromatic carbocycles. The van der Waals surface area contributed by atoms with Crippen molar-refractivity contribution >= 4 is 10.0 Å². The number of nitrogens with one attached hydrogen (secondary N) is 1. The quantitative estimate of drug-likeness (QED) is 0.787. The molecule has 0 saturated heterocycles. The first-order valence-corrected chi connectivity index (χ1v) is 7.35. The summed E-state index contributed by atoms with van der Waals surface area (Å²) in [5.74, 6) is 5.64. The van der Waals surface area contributed by atoms with Crippen molar-refractivity contribution in [1.82, 2.24) is 4.72 Å². The number of benzene rings is 1.